The van der Waals surface area contributed by atoms with Crippen molar-refractivity contribution in [3.05, 3.63) is 88.1 Å². The highest BCUT2D eigenvalue weighted by atomic mass is 32.2. The number of anilines is 2. The number of thioether (sulfide) groups is 1. The number of halogens is 1. The summed E-state index contributed by atoms with van der Waals surface area (Å²) in [5.74, 6) is -2.20. The second kappa shape index (κ2) is 12.0. The van der Waals surface area contributed by atoms with E-state index in [1.807, 2.05) is 13.8 Å². The molecule has 2 aromatic carbocycles. The van der Waals surface area contributed by atoms with Gasteiger partial charge in [0.25, 0.3) is 0 Å². The Morgan fingerprint density at radius 1 is 1.21 bits per heavy atom. The Labute approximate surface area is 255 Å². The predicted octanol–water partition coefficient (Wildman–Crippen LogP) is 5.14. The van der Waals surface area contributed by atoms with Gasteiger partial charge >= 0.3 is 5.97 Å². The van der Waals surface area contributed by atoms with E-state index in [0.717, 1.165) is 23.1 Å². The number of carbonyl (C=O) groups excluding carboxylic acids is 3. The lowest BCUT2D eigenvalue weighted by molar-refractivity contribution is -0.118. The van der Waals surface area contributed by atoms with Crippen LogP contribution >= 0.6 is 23.1 Å². The maximum atomic E-state index is 13.9. The van der Waals surface area contributed by atoms with Gasteiger partial charge in [0.15, 0.2) is 10.1 Å². The molecule has 3 aromatic rings. The standard InChI is InChI=1S/C30H27FN6O4S2/c1-30(2)12-21-25(22(38)13-30)24(16-8-10-17(11-9-16)27(40)41-3)18(14-32)26(33)37(21)28-35-36-29(43-28)42-15-23(39)34-20-7-5-4-6-19(20)31/h4-11,24H,12-13,15,33H2,1-3H3,(H,34,39). The van der Waals surface area contributed by atoms with Crippen molar-refractivity contribution in [3.63, 3.8) is 0 Å². The van der Waals surface area contributed by atoms with Gasteiger partial charge in [0.2, 0.25) is 11.0 Å². The van der Waals surface area contributed by atoms with E-state index >= 15 is 0 Å². The molecule has 2 heterocycles. The molecule has 5 rings (SSSR count). The first-order chi connectivity index (χ1) is 20.5. The van der Waals surface area contributed by atoms with E-state index < -0.39 is 23.6 Å². The number of nitrogens with one attached hydrogen (secondary N) is 1. The maximum Gasteiger partial charge on any atom is 0.337 e. The molecule has 10 nitrogen and oxygen atoms in total. The number of carbonyl (C=O) groups is 3. The summed E-state index contributed by atoms with van der Waals surface area (Å²) >= 11 is 2.28. The molecule has 3 N–H and O–H groups in total. The summed E-state index contributed by atoms with van der Waals surface area (Å²) in [6.07, 6.45) is 0.765. The van der Waals surface area contributed by atoms with Crippen LogP contribution in [0.5, 0.6) is 0 Å². The molecule has 0 saturated carbocycles. The summed E-state index contributed by atoms with van der Waals surface area (Å²) in [7, 11) is 1.29. The minimum absolute atomic E-state index is 0.0408. The number of ether oxygens (including phenoxy) is 1. The van der Waals surface area contributed by atoms with Gasteiger partial charge in [0.1, 0.15) is 11.6 Å². The maximum absolute atomic E-state index is 13.9. The zero-order valence-corrected chi connectivity index (χ0v) is 25.1. The van der Waals surface area contributed by atoms with Crippen LogP contribution in [0.4, 0.5) is 15.2 Å². The molecule has 0 spiro atoms. The Balaban J connectivity index is 1.47. The third-order valence-corrected chi connectivity index (χ3v) is 9.15. The molecule has 13 heteroatoms. The van der Waals surface area contributed by atoms with Gasteiger partial charge in [0.05, 0.1) is 41.7 Å². The van der Waals surface area contributed by atoms with Crippen molar-refractivity contribution in [2.24, 2.45) is 11.1 Å². The van der Waals surface area contributed by atoms with Crippen molar-refractivity contribution in [1.82, 2.24) is 10.2 Å². The van der Waals surface area contributed by atoms with E-state index in [4.69, 9.17) is 10.5 Å². The Hall–Kier alpha value is -4.54. The topological polar surface area (TPSA) is 151 Å². The number of aromatic nitrogens is 2. The van der Waals surface area contributed by atoms with Crippen LogP contribution < -0.4 is 16.0 Å². The number of rotatable bonds is 7. The molecular weight excluding hydrogens is 592 g/mol. The molecule has 220 valence electrons. The number of hydrogen-bond acceptors (Lipinski definition) is 11. The number of amides is 1. The van der Waals surface area contributed by atoms with Gasteiger partial charge in [-0.1, -0.05) is 61.2 Å². The minimum atomic E-state index is -0.726. The molecule has 0 fully saturated rings. The third kappa shape index (κ3) is 6.02. The second-order valence-electron chi connectivity index (χ2n) is 10.8. The molecule has 1 atom stereocenters. The summed E-state index contributed by atoms with van der Waals surface area (Å²) < 4.78 is 19.2. The van der Waals surface area contributed by atoms with Crippen LogP contribution in [0.15, 0.2) is 75.5 Å². The molecule has 1 aliphatic heterocycles. The van der Waals surface area contributed by atoms with Crippen molar-refractivity contribution in [2.45, 2.75) is 36.9 Å². The number of hydrogen-bond donors (Lipinski definition) is 2. The van der Waals surface area contributed by atoms with Crippen molar-refractivity contribution in [2.75, 3.05) is 23.1 Å². The smallest absolute Gasteiger partial charge is 0.337 e. The number of benzene rings is 2. The summed E-state index contributed by atoms with van der Waals surface area (Å²) in [5, 5.41) is 21.7. The number of para-hydroxylation sites is 1. The molecule has 1 aliphatic carbocycles. The van der Waals surface area contributed by atoms with Gasteiger partial charge < -0.3 is 15.8 Å². The number of allylic oxidation sites excluding steroid dienone is 3. The largest absolute Gasteiger partial charge is 0.465 e. The van der Waals surface area contributed by atoms with Gasteiger partial charge in [0, 0.05) is 17.7 Å². The molecule has 1 aromatic heterocycles. The number of nitrogens with zero attached hydrogens (tertiary/aromatic N) is 4. The molecule has 1 unspecified atom stereocenters. The van der Waals surface area contributed by atoms with E-state index in [-0.39, 0.29) is 40.5 Å². The van der Waals surface area contributed by atoms with E-state index in [0.29, 0.717) is 38.3 Å². The Morgan fingerprint density at radius 2 is 1.93 bits per heavy atom. The fraction of sp³-hybridized carbons (Fsp3) is 0.267. The van der Waals surface area contributed by atoms with E-state index in [2.05, 4.69) is 21.6 Å². The summed E-state index contributed by atoms with van der Waals surface area (Å²) in [6.45, 7) is 3.98. The van der Waals surface area contributed by atoms with Crippen molar-refractivity contribution in [1.29, 1.82) is 5.26 Å². The molecule has 0 bridgehead atoms. The van der Waals surface area contributed by atoms with Crippen LogP contribution in [0.3, 0.4) is 0 Å². The Morgan fingerprint density at radius 3 is 2.60 bits per heavy atom. The van der Waals surface area contributed by atoms with Gasteiger partial charge in [-0.3, -0.25) is 14.5 Å². The molecule has 1 amide bonds. The Bertz CT molecular complexity index is 1720. The molecule has 43 heavy (non-hydrogen) atoms. The lowest BCUT2D eigenvalue weighted by Crippen LogP contribution is -2.42. The summed E-state index contributed by atoms with van der Waals surface area (Å²) in [6, 6.07) is 14.7. The quantitative estimate of drug-likeness (QED) is 0.269. The highest BCUT2D eigenvalue weighted by Crippen LogP contribution is 2.50. The van der Waals surface area contributed by atoms with E-state index in [1.54, 1.807) is 35.2 Å². The van der Waals surface area contributed by atoms with Crippen molar-refractivity contribution < 1.29 is 23.5 Å². The number of esters is 1. The highest BCUT2D eigenvalue weighted by Gasteiger charge is 2.45. The van der Waals surface area contributed by atoms with E-state index in [1.165, 1.54) is 25.3 Å². The van der Waals surface area contributed by atoms with Crippen LogP contribution in [0.25, 0.3) is 0 Å². The van der Waals surface area contributed by atoms with Crippen molar-refractivity contribution in [3.8, 4) is 6.07 Å². The van der Waals surface area contributed by atoms with Crippen LogP contribution in [0, 0.1) is 22.6 Å². The van der Waals surface area contributed by atoms with Gasteiger partial charge in [-0.15, -0.1) is 10.2 Å². The van der Waals surface area contributed by atoms with Crippen LogP contribution in [0.2, 0.25) is 0 Å². The molecule has 2 aliphatic rings. The zero-order valence-electron chi connectivity index (χ0n) is 23.5. The zero-order chi connectivity index (χ0) is 30.9. The first-order valence-electron chi connectivity index (χ1n) is 13.2. The number of nitriles is 1. The average molecular weight is 619 g/mol. The van der Waals surface area contributed by atoms with Crippen LogP contribution in [-0.4, -0.2) is 40.7 Å². The summed E-state index contributed by atoms with van der Waals surface area (Å²) in [4.78, 5) is 39.7. The fourth-order valence-electron chi connectivity index (χ4n) is 5.22. The fourth-order valence-corrected chi connectivity index (χ4v) is 6.90. The molecule has 0 radical (unpaired) electrons. The van der Waals surface area contributed by atoms with Gasteiger partial charge in [-0.25, -0.2) is 9.18 Å². The molecule has 0 saturated heterocycles. The molecular formula is C30H27FN6O4S2. The third-order valence-electron chi connectivity index (χ3n) is 7.11. The van der Waals surface area contributed by atoms with Gasteiger partial charge in [-0.2, -0.15) is 5.26 Å². The number of Topliss-reactive ketones (excluding diaryl/α,β-unsaturated/α-hetero) is 1. The monoisotopic (exact) mass is 618 g/mol. The van der Waals surface area contributed by atoms with E-state index in [9.17, 15) is 24.0 Å². The Kier molecular flexibility index (Phi) is 8.34. The number of methoxy groups -OCH3 is 1. The minimum Gasteiger partial charge on any atom is -0.465 e. The SMILES string of the molecule is COC(=O)c1ccc(C2C(C#N)=C(N)N(c3nnc(SCC(=O)Nc4ccccc4F)s3)C3=C2C(=O)CC(C)(C)C3)cc1. The lowest BCUT2D eigenvalue weighted by atomic mass is 9.68. The van der Waals surface area contributed by atoms with Crippen LogP contribution in [-0.2, 0) is 14.3 Å². The average Bonchev–Trinajstić information content (AvgIpc) is 3.44. The number of ketones is 1. The first-order valence-corrected chi connectivity index (χ1v) is 15.0. The summed E-state index contributed by atoms with van der Waals surface area (Å²) in [5.41, 5.74) is 8.59. The van der Waals surface area contributed by atoms with Crippen LogP contribution in [0.1, 0.15) is 48.5 Å². The number of nitrogens with two attached hydrogens (primary N) is 1. The van der Waals surface area contributed by atoms with Gasteiger partial charge in [-0.05, 0) is 41.7 Å². The second-order valence-corrected chi connectivity index (χ2v) is 12.9. The predicted molar refractivity (Wildman–Crippen MR) is 161 cm³/mol. The lowest BCUT2D eigenvalue weighted by Gasteiger charge is -2.42. The normalized spacial score (nSPS) is 17.8. The van der Waals surface area contributed by atoms with Crippen molar-refractivity contribution >= 4 is 51.6 Å². The first kappa shape index (κ1) is 29.9. The highest BCUT2D eigenvalue weighted by molar-refractivity contribution is 8.01.